The SMILES string of the molecule is CCCCCCC(C)(C)OC(=O)C1CCC(C(=O)O)CC1. The van der Waals surface area contributed by atoms with Crippen molar-refractivity contribution < 1.29 is 19.4 Å². The van der Waals surface area contributed by atoms with E-state index in [1.165, 1.54) is 19.3 Å². The van der Waals surface area contributed by atoms with Crippen molar-refractivity contribution in [3.63, 3.8) is 0 Å². The Kier molecular flexibility index (Phi) is 7.20. The molecule has 1 rings (SSSR count). The summed E-state index contributed by atoms with van der Waals surface area (Å²) < 4.78 is 5.67. The zero-order valence-corrected chi connectivity index (χ0v) is 13.7. The lowest BCUT2D eigenvalue weighted by molar-refractivity contribution is -0.165. The topological polar surface area (TPSA) is 63.6 Å². The molecule has 1 saturated carbocycles. The van der Waals surface area contributed by atoms with Crippen LogP contribution in [0.25, 0.3) is 0 Å². The van der Waals surface area contributed by atoms with Crippen LogP contribution in [0.15, 0.2) is 0 Å². The average Bonchev–Trinajstić information content (AvgIpc) is 2.43. The number of ether oxygens (including phenoxy) is 1. The van der Waals surface area contributed by atoms with Gasteiger partial charge in [-0.25, -0.2) is 0 Å². The lowest BCUT2D eigenvalue weighted by Gasteiger charge is -2.30. The first kappa shape index (κ1) is 18.0. The van der Waals surface area contributed by atoms with Crippen molar-refractivity contribution in [3.05, 3.63) is 0 Å². The van der Waals surface area contributed by atoms with Gasteiger partial charge < -0.3 is 9.84 Å². The number of carboxylic acids is 1. The molecule has 1 aliphatic carbocycles. The molecular formula is C17H30O4. The van der Waals surface area contributed by atoms with E-state index < -0.39 is 11.6 Å². The van der Waals surface area contributed by atoms with Crippen LogP contribution in [0, 0.1) is 11.8 Å². The normalized spacial score (nSPS) is 22.8. The van der Waals surface area contributed by atoms with E-state index in [0.717, 1.165) is 12.8 Å². The summed E-state index contributed by atoms with van der Waals surface area (Å²) in [6.45, 7) is 6.12. The zero-order valence-electron chi connectivity index (χ0n) is 13.7. The van der Waals surface area contributed by atoms with E-state index in [2.05, 4.69) is 6.92 Å². The molecular weight excluding hydrogens is 268 g/mol. The highest BCUT2D eigenvalue weighted by Gasteiger charge is 2.33. The summed E-state index contributed by atoms with van der Waals surface area (Å²) in [5, 5.41) is 8.97. The van der Waals surface area contributed by atoms with Gasteiger partial charge in [0.05, 0.1) is 11.8 Å². The van der Waals surface area contributed by atoms with Gasteiger partial charge in [0, 0.05) is 0 Å². The summed E-state index contributed by atoms with van der Waals surface area (Å²) in [6.07, 6.45) is 8.04. The molecule has 0 heterocycles. The molecule has 1 aliphatic rings. The Labute approximate surface area is 128 Å². The summed E-state index contributed by atoms with van der Waals surface area (Å²) in [5.41, 5.74) is -0.408. The molecule has 0 atom stereocenters. The Hall–Kier alpha value is -1.06. The summed E-state index contributed by atoms with van der Waals surface area (Å²) in [7, 11) is 0. The molecule has 0 radical (unpaired) electrons. The Balaban J connectivity index is 2.33. The molecule has 4 heteroatoms. The molecule has 0 amide bonds. The third-order valence-corrected chi connectivity index (χ3v) is 4.42. The first-order valence-electron chi connectivity index (χ1n) is 8.31. The summed E-state index contributed by atoms with van der Waals surface area (Å²) >= 11 is 0. The molecule has 0 aromatic heterocycles. The highest BCUT2D eigenvalue weighted by Crippen LogP contribution is 2.31. The maximum absolute atomic E-state index is 12.2. The van der Waals surface area contributed by atoms with E-state index in [1.54, 1.807) is 0 Å². The number of hydrogen-bond donors (Lipinski definition) is 1. The molecule has 1 N–H and O–H groups in total. The highest BCUT2D eigenvalue weighted by molar-refractivity contribution is 5.74. The van der Waals surface area contributed by atoms with Crippen LogP contribution >= 0.6 is 0 Å². The van der Waals surface area contributed by atoms with E-state index in [1.807, 2.05) is 13.8 Å². The Morgan fingerprint density at radius 3 is 2.14 bits per heavy atom. The van der Waals surface area contributed by atoms with Crippen molar-refractivity contribution in [2.24, 2.45) is 11.8 Å². The van der Waals surface area contributed by atoms with Crippen LogP contribution < -0.4 is 0 Å². The van der Waals surface area contributed by atoms with Crippen molar-refractivity contribution in [1.29, 1.82) is 0 Å². The smallest absolute Gasteiger partial charge is 0.309 e. The number of unbranched alkanes of at least 4 members (excludes halogenated alkanes) is 3. The molecule has 0 aliphatic heterocycles. The molecule has 1 fully saturated rings. The first-order chi connectivity index (χ1) is 9.85. The largest absolute Gasteiger partial charge is 0.481 e. The number of carboxylic acid groups (broad SMARTS) is 1. The minimum absolute atomic E-state index is 0.115. The lowest BCUT2D eigenvalue weighted by Crippen LogP contribution is -2.34. The van der Waals surface area contributed by atoms with Gasteiger partial charge >= 0.3 is 11.9 Å². The number of rotatable bonds is 8. The van der Waals surface area contributed by atoms with Gasteiger partial charge in [-0.15, -0.1) is 0 Å². The Bertz CT molecular complexity index is 341. The summed E-state index contributed by atoms with van der Waals surface area (Å²) in [6, 6.07) is 0. The zero-order chi connectivity index (χ0) is 15.9. The number of carbonyl (C=O) groups excluding carboxylic acids is 1. The molecule has 21 heavy (non-hydrogen) atoms. The average molecular weight is 298 g/mol. The Morgan fingerprint density at radius 1 is 1.05 bits per heavy atom. The lowest BCUT2D eigenvalue weighted by atomic mass is 9.82. The van der Waals surface area contributed by atoms with Crippen molar-refractivity contribution >= 4 is 11.9 Å². The summed E-state index contributed by atoms with van der Waals surface area (Å²) in [5.74, 6) is -1.27. The fourth-order valence-electron chi connectivity index (χ4n) is 2.96. The molecule has 0 spiro atoms. The van der Waals surface area contributed by atoms with Crippen LogP contribution in [0.3, 0.4) is 0 Å². The van der Waals surface area contributed by atoms with Gasteiger partial charge in [0.1, 0.15) is 5.60 Å². The molecule has 0 saturated heterocycles. The number of hydrogen-bond acceptors (Lipinski definition) is 3. The van der Waals surface area contributed by atoms with E-state index in [9.17, 15) is 9.59 Å². The number of esters is 1. The van der Waals surface area contributed by atoms with E-state index >= 15 is 0 Å². The highest BCUT2D eigenvalue weighted by atomic mass is 16.6. The van der Waals surface area contributed by atoms with Crippen LogP contribution in [-0.2, 0) is 14.3 Å². The van der Waals surface area contributed by atoms with Gasteiger partial charge in [-0.05, 0) is 52.4 Å². The second-order valence-electron chi connectivity index (χ2n) is 6.88. The van der Waals surface area contributed by atoms with Crippen molar-refractivity contribution in [2.75, 3.05) is 0 Å². The first-order valence-corrected chi connectivity index (χ1v) is 8.31. The van der Waals surface area contributed by atoms with Crippen LogP contribution in [0.4, 0.5) is 0 Å². The van der Waals surface area contributed by atoms with Gasteiger partial charge in [0.15, 0.2) is 0 Å². The molecule has 122 valence electrons. The third-order valence-electron chi connectivity index (χ3n) is 4.42. The molecule has 0 unspecified atom stereocenters. The fraction of sp³-hybridized carbons (Fsp3) is 0.882. The maximum Gasteiger partial charge on any atom is 0.309 e. The van der Waals surface area contributed by atoms with E-state index in [0.29, 0.717) is 25.7 Å². The molecule has 0 aromatic rings. The standard InChI is InChI=1S/C17H30O4/c1-4-5-6-7-12-17(2,3)21-16(20)14-10-8-13(9-11-14)15(18)19/h13-14H,4-12H2,1-3H3,(H,18,19). The van der Waals surface area contributed by atoms with Crippen molar-refractivity contribution in [1.82, 2.24) is 0 Å². The van der Waals surface area contributed by atoms with Crippen molar-refractivity contribution in [2.45, 2.75) is 84.2 Å². The minimum atomic E-state index is -0.738. The van der Waals surface area contributed by atoms with Gasteiger partial charge in [0.25, 0.3) is 0 Å². The van der Waals surface area contributed by atoms with E-state index in [-0.39, 0.29) is 17.8 Å². The van der Waals surface area contributed by atoms with Crippen LogP contribution in [0.2, 0.25) is 0 Å². The van der Waals surface area contributed by atoms with Gasteiger partial charge in [-0.2, -0.15) is 0 Å². The van der Waals surface area contributed by atoms with Crippen molar-refractivity contribution in [3.8, 4) is 0 Å². The second kappa shape index (κ2) is 8.40. The van der Waals surface area contributed by atoms with Crippen LogP contribution in [-0.4, -0.2) is 22.6 Å². The van der Waals surface area contributed by atoms with Crippen LogP contribution in [0.5, 0.6) is 0 Å². The van der Waals surface area contributed by atoms with Crippen LogP contribution in [0.1, 0.15) is 78.6 Å². The number of aliphatic carboxylic acids is 1. The van der Waals surface area contributed by atoms with Gasteiger partial charge in [0.2, 0.25) is 0 Å². The molecule has 0 aromatic carbocycles. The summed E-state index contributed by atoms with van der Waals surface area (Å²) in [4.78, 5) is 23.1. The molecule has 0 bridgehead atoms. The van der Waals surface area contributed by atoms with Gasteiger partial charge in [-0.3, -0.25) is 9.59 Å². The predicted molar refractivity (Wildman–Crippen MR) is 82.0 cm³/mol. The van der Waals surface area contributed by atoms with Gasteiger partial charge in [-0.1, -0.05) is 26.2 Å². The Morgan fingerprint density at radius 2 is 1.62 bits per heavy atom. The molecule has 4 nitrogen and oxygen atoms in total. The second-order valence-corrected chi connectivity index (χ2v) is 6.88. The predicted octanol–water partition coefficient (Wildman–Crippen LogP) is 4.17. The monoisotopic (exact) mass is 298 g/mol. The number of carbonyl (C=O) groups is 2. The van der Waals surface area contributed by atoms with E-state index in [4.69, 9.17) is 9.84 Å². The fourth-order valence-corrected chi connectivity index (χ4v) is 2.96. The minimum Gasteiger partial charge on any atom is -0.481 e. The quantitative estimate of drug-likeness (QED) is 0.539. The maximum atomic E-state index is 12.2. The third kappa shape index (κ3) is 6.49.